The highest BCUT2D eigenvalue weighted by Gasteiger charge is 2.32. The number of rotatable bonds is 5. The smallest absolute Gasteiger partial charge is 0.219 e. The maximum Gasteiger partial charge on any atom is 0.219 e. The number of hydrogen-bond donors (Lipinski definition) is 0. The Morgan fingerprint density at radius 1 is 0.913 bits per heavy atom. The molecule has 0 aromatic carbocycles. The van der Waals surface area contributed by atoms with Gasteiger partial charge in [0.05, 0.1) is 5.69 Å². The Morgan fingerprint density at radius 3 is 2.22 bits per heavy atom. The zero-order valence-corrected chi connectivity index (χ0v) is 13.3. The minimum absolute atomic E-state index is 0.422. The normalized spacial score (nSPS) is 23.5. The van der Waals surface area contributed by atoms with Gasteiger partial charge >= 0.3 is 0 Å². The summed E-state index contributed by atoms with van der Waals surface area (Å²) < 4.78 is 11.3. The molecular weight excluding hydrogens is 292 g/mol. The molecule has 0 atom stereocenters. The van der Waals surface area contributed by atoms with Gasteiger partial charge in [0.15, 0.2) is 0 Å². The molecule has 3 aliphatic rings. The first kappa shape index (κ1) is 13.7. The highest BCUT2D eigenvalue weighted by atomic mass is 16.5. The molecule has 3 fully saturated rings. The molecule has 2 saturated carbocycles. The van der Waals surface area contributed by atoms with Crippen molar-refractivity contribution in [1.82, 2.24) is 20.3 Å². The van der Waals surface area contributed by atoms with E-state index in [1.807, 2.05) is 0 Å². The third-order valence-electron chi connectivity index (χ3n) is 5.26. The first-order valence-electron chi connectivity index (χ1n) is 8.86. The molecule has 0 unspecified atom stereocenters. The van der Waals surface area contributed by atoms with E-state index in [1.165, 1.54) is 25.7 Å². The molecule has 2 aliphatic carbocycles. The van der Waals surface area contributed by atoms with Crippen LogP contribution in [-0.2, 0) is 6.54 Å². The minimum Gasteiger partial charge on any atom is -0.425 e. The standard InChI is InChI=1S/C17H22N4O2/c1-2-11(1)15-9-14(20-23-15)10-21-7-5-13(6-8-21)17-19-18-16(22-17)12-3-4-12/h9,11-13H,1-8,10H2. The molecular formula is C17H22N4O2. The van der Waals surface area contributed by atoms with E-state index in [1.54, 1.807) is 0 Å². The van der Waals surface area contributed by atoms with E-state index in [9.17, 15) is 0 Å². The van der Waals surface area contributed by atoms with Crippen LogP contribution in [0, 0.1) is 0 Å². The summed E-state index contributed by atoms with van der Waals surface area (Å²) in [7, 11) is 0. The van der Waals surface area contributed by atoms with Gasteiger partial charge < -0.3 is 8.94 Å². The number of piperidine rings is 1. The molecule has 5 rings (SSSR count). The zero-order chi connectivity index (χ0) is 15.2. The molecule has 1 saturated heterocycles. The van der Waals surface area contributed by atoms with Gasteiger partial charge in [-0.1, -0.05) is 5.16 Å². The number of aromatic nitrogens is 3. The van der Waals surface area contributed by atoms with E-state index in [2.05, 4.69) is 26.3 Å². The Bertz CT molecular complexity index is 678. The second-order valence-electron chi connectivity index (χ2n) is 7.30. The predicted molar refractivity (Wildman–Crippen MR) is 82.0 cm³/mol. The molecule has 3 heterocycles. The lowest BCUT2D eigenvalue weighted by Gasteiger charge is -2.29. The van der Waals surface area contributed by atoms with Crippen LogP contribution in [0.5, 0.6) is 0 Å². The molecule has 6 heteroatoms. The maximum atomic E-state index is 5.87. The first-order valence-corrected chi connectivity index (χ1v) is 8.86. The number of likely N-dealkylation sites (tertiary alicyclic amines) is 1. The van der Waals surface area contributed by atoms with Crippen molar-refractivity contribution in [3.63, 3.8) is 0 Å². The predicted octanol–water partition coefficient (Wildman–Crippen LogP) is 3.19. The Labute approximate surface area is 135 Å². The fourth-order valence-corrected chi connectivity index (χ4v) is 3.44. The largest absolute Gasteiger partial charge is 0.425 e. The minimum atomic E-state index is 0.422. The van der Waals surface area contributed by atoms with Crippen molar-refractivity contribution in [2.24, 2.45) is 0 Å². The quantitative estimate of drug-likeness (QED) is 0.844. The topological polar surface area (TPSA) is 68.2 Å². The van der Waals surface area contributed by atoms with Gasteiger partial charge in [-0.2, -0.15) is 0 Å². The van der Waals surface area contributed by atoms with Gasteiger partial charge in [-0.25, -0.2) is 0 Å². The summed E-state index contributed by atoms with van der Waals surface area (Å²) in [6.45, 7) is 2.99. The highest BCUT2D eigenvalue weighted by molar-refractivity contribution is 5.14. The van der Waals surface area contributed by atoms with Crippen LogP contribution < -0.4 is 0 Å². The third-order valence-corrected chi connectivity index (χ3v) is 5.26. The van der Waals surface area contributed by atoms with Crippen LogP contribution in [0.15, 0.2) is 15.0 Å². The van der Waals surface area contributed by atoms with Gasteiger partial charge in [-0.3, -0.25) is 4.90 Å². The summed E-state index contributed by atoms with van der Waals surface area (Å²) in [5, 5.41) is 12.7. The Hall–Kier alpha value is -1.69. The first-order chi connectivity index (χ1) is 11.3. The van der Waals surface area contributed by atoms with Gasteiger partial charge in [0.2, 0.25) is 11.8 Å². The molecule has 6 nitrogen and oxygen atoms in total. The van der Waals surface area contributed by atoms with Crippen molar-refractivity contribution in [2.75, 3.05) is 13.1 Å². The van der Waals surface area contributed by atoms with E-state index in [-0.39, 0.29) is 0 Å². The monoisotopic (exact) mass is 314 g/mol. The van der Waals surface area contributed by atoms with Crippen molar-refractivity contribution in [1.29, 1.82) is 0 Å². The fourth-order valence-electron chi connectivity index (χ4n) is 3.44. The second-order valence-corrected chi connectivity index (χ2v) is 7.30. The van der Waals surface area contributed by atoms with E-state index in [0.717, 1.165) is 55.7 Å². The Kier molecular flexibility index (Phi) is 3.25. The highest BCUT2D eigenvalue weighted by Crippen LogP contribution is 2.41. The summed E-state index contributed by atoms with van der Waals surface area (Å²) in [6, 6.07) is 2.14. The molecule has 2 aromatic heterocycles. The molecule has 23 heavy (non-hydrogen) atoms. The van der Waals surface area contributed by atoms with Crippen LogP contribution >= 0.6 is 0 Å². The lowest BCUT2D eigenvalue weighted by atomic mass is 9.97. The van der Waals surface area contributed by atoms with Crippen molar-refractivity contribution < 1.29 is 8.94 Å². The van der Waals surface area contributed by atoms with E-state index >= 15 is 0 Å². The van der Waals surface area contributed by atoms with Gasteiger partial charge in [-0.05, 0) is 51.6 Å². The van der Waals surface area contributed by atoms with E-state index < -0.39 is 0 Å². The fraction of sp³-hybridized carbons (Fsp3) is 0.706. The van der Waals surface area contributed by atoms with Crippen LogP contribution in [0.25, 0.3) is 0 Å². The SMILES string of the molecule is c1c(CN2CCC(c3nnc(C4CC4)o3)CC2)noc1C1CC1. The van der Waals surface area contributed by atoms with Crippen molar-refractivity contribution >= 4 is 0 Å². The molecule has 0 N–H and O–H groups in total. The van der Waals surface area contributed by atoms with Crippen LogP contribution in [0.3, 0.4) is 0 Å². The maximum absolute atomic E-state index is 5.87. The van der Waals surface area contributed by atoms with Crippen LogP contribution in [0.4, 0.5) is 0 Å². The van der Waals surface area contributed by atoms with E-state index in [4.69, 9.17) is 8.94 Å². The summed E-state index contributed by atoms with van der Waals surface area (Å²) >= 11 is 0. The molecule has 0 radical (unpaired) electrons. The number of hydrogen-bond acceptors (Lipinski definition) is 6. The third kappa shape index (κ3) is 2.92. The van der Waals surface area contributed by atoms with Gasteiger partial charge in [0, 0.05) is 30.4 Å². The summed E-state index contributed by atoms with van der Waals surface area (Å²) in [6.07, 6.45) is 7.10. The summed E-state index contributed by atoms with van der Waals surface area (Å²) in [4.78, 5) is 2.45. The average molecular weight is 314 g/mol. The van der Waals surface area contributed by atoms with Crippen LogP contribution in [0.1, 0.15) is 79.5 Å². The summed E-state index contributed by atoms with van der Waals surface area (Å²) in [5.41, 5.74) is 1.07. The van der Waals surface area contributed by atoms with Gasteiger partial charge in [0.1, 0.15) is 5.76 Å². The Balaban J connectivity index is 1.16. The lowest BCUT2D eigenvalue weighted by Crippen LogP contribution is -2.32. The van der Waals surface area contributed by atoms with Crippen LogP contribution in [0.2, 0.25) is 0 Å². The van der Waals surface area contributed by atoms with Gasteiger partial charge in [-0.15, -0.1) is 10.2 Å². The molecule has 0 spiro atoms. The van der Waals surface area contributed by atoms with Crippen molar-refractivity contribution in [2.45, 2.75) is 62.8 Å². The lowest BCUT2D eigenvalue weighted by molar-refractivity contribution is 0.187. The molecule has 2 aromatic rings. The van der Waals surface area contributed by atoms with Gasteiger partial charge in [0.25, 0.3) is 0 Å². The van der Waals surface area contributed by atoms with Crippen molar-refractivity contribution in [3.05, 3.63) is 29.3 Å². The van der Waals surface area contributed by atoms with Crippen LogP contribution in [-0.4, -0.2) is 33.3 Å². The van der Waals surface area contributed by atoms with E-state index in [0.29, 0.717) is 17.8 Å². The number of nitrogens with zero attached hydrogens (tertiary/aromatic N) is 4. The molecule has 0 bridgehead atoms. The zero-order valence-electron chi connectivity index (χ0n) is 13.3. The van der Waals surface area contributed by atoms with Crippen molar-refractivity contribution in [3.8, 4) is 0 Å². The average Bonchev–Trinajstić information content (AvgIpc) is 3.51. The Morgan fingerprint density at radius 2 is 1.57 bits per heavy atom. The molecule has 122 valence electrons. The second kappa shape index (κ2) is 5.44. The summed E-state index contributed by atoms with van der Waals surface area (Å²) in [5.74, 6) is 4.39. The molecule has 0 amide bonds. The molecule has 1 aliphatic heterocycles.